The van der Waals surface area contributed by atoms with E-state index in [1.807, 2.05) is 36.4 Å². The first-order valence-electron chi connectivity index (χ1n) is 10.1. The topological polar surface area (TPSA) is 63.0 Å². The van der Waals surface area contributed by atoms with Gasteiger partial charge in [-0.2, -0.15) is 5.26 Å². The first kappa shape index (κ1) is 19.8. The second-order valence-corrected chi connectivity index (χ2v) is 7.18. The van der Waals surface area contributed by atoms with Gasteiger partial charge in [0.1, 0.15) is 11.6 Å². The maximum absolute atomic E-state index is 12.8. The molecule has 0 saturated carbocycles. The van der Waals surface area contributed by atoms with Gasteiger partial charge in [0.15, 0.2) is 0 Å². The van der Waals surface area contributed by atoms with Crippen molar-refractivity contribution in [2.24, 2.45) is 5.92 Å². The molecule has 28 heavy (non-hydrogen) atoms. The van der Waals surface area contributed by atoms with Gasteiger partial charge in [0, 0.05) is 17.3 Å². The maximum atomic E-state index is 12.8. The van der Waals surface area contributed by atoms with E-state index in [0.717, 1.165) is 36.0 Å². The molecule has 1 unspecified atom stereocenters. The summed E-state index contributed by atoms with van der Waals surface area (Å²) in [4.78, 5) is 17.3. The molecule has 1 aromatic heterocycles. The van der Waals surface area contributed by atoms with Gasteiger partial charge in [0.05, 0.1) is 12.3 Å². The van der Waals surface area contributed by atoms with Crippen LogP contribution in [0.5, 0.6) is 0 Å². The van der Waals surface area contributed by atoms with Gasteiger partial charge in [0.25, 0.3) is 0 Å². The van der Waals surface area contributed by atoms with Gasteiger partial charge in [-0.05, 0) is 29.5 Å². The highest BCUT2D eigenvalue weighted by Gasteiger charge is 2.30. The van der Waals surface area contributed by atoms with E-state index in [1.54, 1.807) is 6.20 Å². The van der Waals surface area contributed by atoms with Crippen LogP contribution in [0.4, 0.5) is 0 Å². The molecule has 0 radical (unpaired) electrons. The van der Waals surface area contributed by atoms with Crippen molar-refractivity contribution in [1.82, 2.24) is 4.98 Å². The quantitative estimate of drug-likeness (QED) is 0.225. The molecule has 3 rings (SSSR count). The first-order chi connectivity index (χ1) is 13.7. The van der Waals surface area contributed by atoms with Crippen LogP contribution >= 0.6 is 0 Å². The summed E-state index contributed by atoms with van der Waals surface area (Å²) >= 11 is 0. The number of nitrogens with zero attached hydrogens (tertiary/aromatic N) is 2. The number of benzene rings is 1. The zero-order chi connectivity index (χ0) is 19.9. The minimum atomic E-state index is -0.556. The summed E-state index contributed by atoms with van der Waals surface area (Å²) in [6, 6.07) is 13.7. The third-order valence-corrected chi connectivity index (χ3v) is 5.34. The number of esters is 1. The smallest absolute Gasteiger partial charge is 0.349 e. The van der Waals surface area contributed by atoms with Crippen LogP contribution in [0, 0.1) is 17.2 Å². The molecule has 2 aromatic rings. The van der Waals surface area contributed by atoms with E-state index in [1.165, 1.54) is 12.8 Å². The number of fused-ring (bicyclic) bond motifs is 3. The Bertz CT molecular complexity index is 877. The fraction of sp³-hybridized carbons (Fsp3) is 0.375. The predicted molar refractivity (Wildman–Crippen MR) is 110 cm³/mol. The lowest BCUT2D eigenvalue weighted by Gasteiger charge is -2.15. The van der Waals surface area contributed by atoms with E-state index in [0.29, 0.717) is 23.8 Å². The summed E-state index contributed by atoms with van der Waals surface area (Å²) in [6.45, 7) is 4.65. The molecule has 4 nitrogen and oxygen atoms in total. The van der Waals surface area contributed by atoms with Crippen LogP contribution in [-0.4, -0.2) is 17.6 Å². The molecule has 1 aliphatic carbocycles. The second kappa shape index (κ2) is 9.32. The summed E-state index contributed by atoms with van der Waals surface area (Å²) < 4.78 is 5.57. The Morgan fingerprint density at radius 1 is 1.11 bits per heavy atom. The van der Waals surface area contributed by atoms with E-state index in [9.17, 15) is 10.1 Å². The molecule has 0 bridgehead atoms. The molecule has 0 N–H and O–H groups in total. The van der Waals surface area contributed by atoms with Gasteiger partial charge in [-0.25, -0.2) is 4.79 Å². The fourth-order valence-electron chi connectivity index (χ4n) is 3.70. The molecule has 0 amide bonds. The minimum Gasteiger partial charge on any atom is -0.461 e. The fourth-order valence-corrected chi connectivity index (χ4v) is 3.70. The summed E-state index contributed by atoms with van der Waals surface area (Å²) in [5.74, 6) is -0.221. The third-order valence-electron chi connectivity index (χ3n) is 5.34. The van der Waals surface area contributed by atoms with Crippen LogP contribution in [0.15, 0.2) is 48.2 Å². The number of unbranched alkanes of at least 4 members (excludes halogenated alkanes) is 2. The number of pyridine rings is 1. The van der Waals surface area contributed by atoms with Gasteiger partial charge in [-0.3, -0.25) is 4.98 Å². The van der Waals surface area contributed by atoms with Crippen molar-refractivity contribution in [2.45, 2.75) is 46.0 Å². The van der Waals surface area contributed by atoms with E-state index in [2.05, 4.69) is 24.9 Å². The van der Waals surface area contributed by atoms with Crippen molar-refractivity contribution in [3.63, 3.8) is 0 Å². The van der Waals surface area contributed by atoms with Gasteiger partial charge < -0.3 is 4.74 Å². The number of rotatable bonds is 8. The molecular formula is C24H26N2O2. The number of ether oxygens (including phenoxy) is 1. The Balaban J connectivity index is 1.87. The highest BCUT2D eigenvalue weighted by molar-refractivity contribution is 6.11. The number of carbonyl (C=O) groups is 1. The van der Waals surface area contributed by atoms with Crippen LogP contribution < -0.4 is 0 Å². The van der Waals surface area contributed by atoms with Gasteiger partial charge in [0.2, 0.25) is 0 Å². The number of hydrogen-bond donors (Lipinski definition) is 0. The molecule has 0 spiro atoms. The number of aromatic nitrogens is 1. The molecule has 1 atom stereocenters. The largest absolute Gasteiger partial charge is 0.461 e. The average molecular weight is 374 g/mol. The summed E-state index contributed by atoms with van der Waals surface area (Å²) in [5.41, 5.74) is 4.09. The standard InChI is InChI=1S/C24H26N2O2/c1-3-5-6-10-17(4-2)16-28-24(27)21(15-25)22-19-12-8-7-11-18(19)20-13-9-14-26-23(20)22/h7-9,11-14,17H,3-6,10,16H2,1-2H3/b22-21-. The van der Waals surface area contributed by atoms with Crippen LogP contribution in [-0.2, 0) is 9.53 Å². The molecular weight excluding hydrogens is 348 g/mol. The van der Waals surface area contributed by atoms with Gasteiger partial charge >= 0.3 is 5.97 Å². The molecule has 1 aromatic carbocycles. The Labute approximate surface area is 166 Å². The highest BCUT2D eigenvalue weighted by Crippen LogP contribution is 2.44. The molecule has 1 heterocycles. The van der Waals surface area contributed by atoms with Crippen molar-refractivity contribution in [3.05, 3.63) is 59.4 Å². The number of nitriles is 1. The minimum absolute atomic E-state index is 0.0355. The lowest BCUT2D eigenvalue weighted by Crippen LogP contribution is -2.16. The van der Waals surface area contributed by atoms with Crippen LogP contribution in [0.25, 0.3) is 16.7 Å². The number of carbonyl (C=O) groups excluding carboxylic acids is 1. The van der Waals surface area contributed by atoms with Crippen molar-refractivity contribution in [1.29, 1.82) is 5.26 Å². The first-order valence-corrected chi connectivity index (χ1v) is 10.1. The van der Waals surface area contributed by atoms with Crippen molar-refractivity contribution >= 4 is 11.5 Å². The molecule has 0 aliphatic heterocycles. The van der Waals surface area contributed by atoms with E-state index in [-0.39, 0.29) is 5.57 Å². The van der Waals surface area contributed by atoms with Crippen LogP contribution in [0.2, 0.25) is 0 Å². The average Bonchev–Trinajstić information content (AvgIpc) is 3.06. The molecule has 144 valence electrons. The van der Waals surface area contributed by atoms with E-state index < -0.39 is 5.97 Å². The van der Waals surface area contributed by atoms with Crippen molar-refractivity contribution in [3.8, 4) is 17.2 Å². The second-order valence-electron chi connectivity index (χ2n) is 7.18. The Morgan fingerprint density at radius 3 is 2.57 bits per heavy atom. The summed E-state index contributed by atoms with van der Waals surface area (Å²) in [7, 11) is 0. The third kappa shape index (κ3) is 3.99. The van der Waals surface area contributed by atoms with E-state index >= 15 is 0 Å². The van der Waals surface area contributed by atoms with Crippen LogP contribution in [0.3, 0.4) is 0 Å². The van der Waals surface area contributed by atoms with Crippen molar-refractivity contribution < 1.29 is 9.53 Å². The Hall–Kier alpha value is -2.93. The van der Waals surface area contributed by atoms with E-state index in [4.69, 9.17) is 4.74 Å². The Kier molecular flexibility index (Phi) is 6.60. The lowest BCUT2D eigenvalue weighted by atomic mass is 9.99. The SMILES string of the molecule is CCCCCC(CC)COC(=O)/C(C#N)=C1/c2ccccc2-c2cccnc21. The normalized spacial score (nSPS) is 14.6. The highest BCUT2D eigenvalue weighted by atomic mass is 16.5. The predicted octanol–water partition coefficient (Wildman–Crippen LogP) is 5.54. The van der Waals surface area contributed by atoms with Crippen LogP contribution in [0.1, 0.15) is 57.2 Å². The number of hydrogen-bond acceptors (Lipinski definition) is 4. The zero-order valence-electron chi connectivity index (χ0n) is 16.6. The molecule has 0 saturated heterocycles. The zero-order valence-corrected chi connectivity index (χ0v) is 16.6. The summed E-state index contributed by atoms with van der Waals surface area (Å²) in [5, 5.41) is 9.77. The van der Waals surface area contributed by atoms with Gasteiger partial charge in [-0.1, -0.05) is 69.9 Å². The molecule has 1 aliphatic rings. The van der Waals surface area contributed by atoms with Gasteiger partial charge in [-0.15, -0.1) is 0 Å². The lowest BCUT2D eigenvalue weighted by molar-refractivity contribution is -0.139. The maximum Gasteiger partial charge on any atom is 0.349 e. The molecule has 4 heteroatoms. The molecule has 0 fully saturated rings. The van der Waals surface area contributed by atoms with Crippen molar-refractivity contribution in [2.75, 3.05) is 6.61 Å². The monoisotopic (exact) mass is 374 g/mol. The Morgan fingerprint density at radius 2 is 1.86 bits per heavy atom. The summed E-state index contributed by atoms with van der Waals surface area (Å²) in [6.07, 6.45) is 7.20.